The van der Waals surface area contributed by atoms with Crippen LogP contribution in [0.25, 0.3) is 0 Å². The lowest BCUT2D eigenvalue weighted by atomic mass is 9.89. The summed E-state index contributed by atoms with van der Waals surface area (Å²) in [6.07, 6.45) is 2.72. The van der Waals surface area contributed by atoms with E-state index in [9.17, 15) is 10.2 Å². The fraction of sp³-hybridized carbons (Fsp3) is 0.529. The zero-order chi connectivity index (χ0) is 16.3. The monoisotopic (exact) mass is 320 g/mol. The molecule has 2 aromatic rings. The first-order valence-electron chi connectivity index (χ1n) is 7.76. The summed E-state index contributed by atoms with van der Waals surface area (Å²) < 4.78 is 0. The Bertz CT molecular complexity index is 601. The van der Waals surface area contributed by atoms with Crippen LogP contribution in [0.2, 0.25) is 0 Å². The molecule has 22 heavy (non-hydrogen) atoms. The van der Waals surface area contributed by atoms with Gasteiger partial charge in [0.1, 0.15) is 5.82 Å². The topological polar surface area (TPSA) is 66.2 Å². The van der Waals surface area contributed by atoms with Crippen molar-refractivity contribution in [1.29, 1.82) is 0 Å². The van der Waals surface area contributed by atoms with Crippen LogP contribution >= 0.6 is 11.3 Å². The van der Waals surface area contributed by atoms with E-state index in [1.807, 2.05) is 38.3 Å². The third-order valence-electron chi connectivity index (χ3n) is 4.14. The smallest absolute Gasteiger partial charge is 0.221 e. The van der Waals surface area contributed by atoms with E-state index in [1.54, 1.807) is 11.3 Å². The Morgan fingerprint density at radius 3 is 2.27 bits per heavy atom. The number of hydrogen-bond donors (Lipinski definition) is 2. The summed E-state index contributed by atoms with van der Waals surface area (Å²) in [5.74, 6) is 0.351. The van der Waals surface area contributed by atoms with Gasteiger partial charge in [-0.15, -0.1) is 11.3 Å². The Morgan fingerprint density at radius 1 is 1.18 bits per heavy atom. The maximum absolute atomic E-state index is 10.4. The van der Waals surface area contributed by atoms with Crippen LogP contribution in [0.3, 0.4) is 0 Å². The van der Waals surface area contributed by atoms with Crippen LogP contribution in [-0.2, 0) is 5.41 Å². The molecule has 1 unspecified atom stereocenters. The molecule has 120 valence electrons. The molecule has 2 N–H and O–H groups in total. The molecule has 0 amide bonds. The van der Waals surface area contributed by atoms with Crippen molar-refractivity contribution in [3.63, 3.8) is 0 Å². The van der Waals surface area contributed by atoms with Crippen LogP contribution in [-0.4, -0.2) is 20.2 Å². The van der Waals surface area contributed by atoms with Gasteiger partial charge in [-0.05, 0) is 44.1 Å². The molecule has 2 rings (SSSR count). The van der Waals surface area contributed by atoms with E-state index in [0.717, 1.165) is 24.1 Å². The third-order valence-corrected chi connectivity index (χ3v) is 5.33. The predicted octanol–water partition coefficient (Wildman–Crippen LogP) is 4.57. The van der Waals surface area contributed by atoms with E-state index in [2.05, 4.69) is 16.9 Å². The van der Waals surface area contributed by atoms with Gasteiger partial charge < -0.3 is 10.2 Å². The Kier molecular flexibility index (Phi) is 5.06. The van der Waals surface area contributed by atoms with Gasteiger partial charge in [0.25, 0.3) is 0 Å². The van der Waals surface area contributed by atoms with Crippen LogP contribution in [0.15, 0.2) is 17.5 Å². The van der Waals surface area contributed by atoms with Crippen LogP contribution in [0.5, 0.6) is 11.8 Å². The van der Waals surface area contributed by atoms with Gasteiger partial charge in [-0.3, -0.25) is 0 Å². The SMILES string of the molecule is CCCC(CC)c1c(O)nc(C(C)(C)c2cccs2)nc1O. The lowest BCUT2D eigenvalue weighted by molar-refractivity contribution is 0.381. The first-order chi connectivity index (χ1) is 10.4. The van der Waals surface area contributed by atoms with E-state index in [1.165, 1.54) is 0 Å². The van der Waals surface area contributed by atoms with Crippen LogP contribution in [0, 0.1) is 0 Å². The second-order valence-electron chi connectivity index (χ2n) is 6.10. The minimum Gasteiger partial charge on any atom is -0.493 e. The van der Waals surface area contributed by atoms with Crippen molar-refractivity contribution in [3.05, 3.63) is 33.8 Å². The lowest BCUT2D eigenvalue weighted by Gasteiger charge is -2.23. The van der Waals surface area contributed by atoms with Crippen LogP contribution < -0.4 is 0 Å². The molecule has 0 aliphatic carbocycles. The fourth-order valence-electron chi connectivity index (χ4n) is 2.74. The number of thiophene rings is 1. The minimum atomic E-state index is -0.450. The molecule has 0 radical (unpaired) electrons. The van der Waals surface area contributed by atoms with Crippen molar-refractivity contribution < 1.29 is 10.2 Å². The molecule has 0 bridgehead atoms. The highest BCUT2D eigenvalue weighted by molar-refractivity contribution is 7.10. The lowest BCUT2D eigenvalue weighted by Crippen LogP contribution is -2.21. The van der Waals surface area contributed by atoms with Gasteiger partial charge in [-0.1, -0.05) is 26.3 Å². The molecule has 0 aliphatic rings. The number of aromatic nitrogens is 2. The molecular formula is C17H24N2O2S. The van der Waals surface area contributed by atoms with E-state index in [4.69, 9.17) is 0 Å². The highest BCUT2D eigenvalue weighted by Crippen LogP contribution is 2.39. The molecule has 0 aromatic carbocycles. The Balaban J connectivity index is 2.46. The first kappa shape index (κ1) is 16.7. The number of hydrogen-bond acceptors (Lipinski definition) is 5. The van der Waals surface area contributed by atoms with Gasteiger partial charge in [-0.25, -0.2) is 0 Å². The standard InChI is InChI=1S/C17H24N2O2S/c1-5-8-11(6-2)13-14(20)18-16(19-15(13)21)17(3,4)12-9-7-10-22-12/h7,9-11H,5-6,8H2,1-4H3,(H2,18,19,20,21). The van der Waals surface area contributed by atoms with Crippen LogP contribution in [0.1, 0.15) is 69.1 Å². The molecule has 4 nitrogen and oxygen atoms in total. The number of aromatic hydroxyl groups is 2. The summed E-state index contributed by atoms with van der Waals surface area (Å²) in [6.45, 7) is 8.13. The van der Waals surface area contributed by atoms with Crippen molar-refractivity contribution in [3.8, 4) is 11.8 Å². The van der Waals surface area contributed by atoms with Crippen molar-refractivity contribution in [2.24, 2.45) is 0 Å². The maximum atomic E-state index is 10.4. The third kappa shape index (κ3) is 3.09. The maximum Gasteiger partial charge on any atom is 0.221 e. The normalized spacial score (nSPS) is 13.3. The van der Waals surface area contributed by atoms with Crippen molar-refractivity contribution in [2.75, 3.05) is 0 Å². The molecule has 2 heterocycles. The summed E-state index contributed by atoms with van der Waals surface area (Å²) in [5.41, 5.74) is 0.0313. The van der Waals surface area contributed by atoms with E-state index < -0.39 is 5.41 Å². The Morgan fingerprint density at radius 2 is 1.82 bits per heavy atom. The largest absolute Gasteiger partial charge is 0.493 e. The predicted molar refractivity (Wildman–Crippen MR) is 89.7 cm³/mol. The summed E-state index contributed by atoms with van der Waals surface area (Å²) in [7, 11) is 0. The van der Waals surface area contributed by atoms with Crippen molar-refractivity contribution in [1.82, 2.24) is 9.97 Å². The average Bonchev–Trinajstić information content (AvgIpc) is 3.00. The first-order valence-corrected chi connectivity index (χ1v) is 8.64. The van der Waals surface area contributed by atoms with E-state index in [-0.39, 0.29) is 17.7 Å². The van der Waals surface area contributed by atoms with Crippen LogP contribution in [0.4, 0.5) is 0 Å². The molecule has 0 spiro atoms. The second-order valence-corrected chi connectivity index (χ2v) is 7.05. The molecule has 5 heteroatoms. The van der Waals surface area contributed by atoms with Gasteiger partial charge >= 0.3 is 0 Å². The minimum absolute atomic E-state index is 0.0869. The zero-order valence-corrected chi connectivity index (χ0v) is 14.4. The van der Waals surface area contributed by atoms with Gasteiger partial charge in [0, 0.05) is 4.88 Å². The summed E-state index contributed by atoms with van der Waals surface area (Å²) in [6, 6.07) is 3.99. The molecular weight excluding hydrogens is 296 g/mol. The molecule has 1 atom stereocenters. The second kappa shape index (κ2) is 6.65. The van der Waals surface area contributed by atoms with Gasteiger partial charge in [-0.2, -0.15) is 9.97 Å². The Labute approximate surface area is 135 Å². The molecule has 2 aromatic heterocycles. The van der Waals surface area contributed by atoms with Gasteiger partial charge in [0.05, 0.1) is 11.0 Å². The quantitative estimate of drug-likeness (QED) is 0.818. The average molecular weight is 320 g/mol. The van der Waals surface area contributed by atoms with Crippen molar-refractivity contribution >= 4 is 11.3 Å². The highest BCUT2D eigenvalue weighted by atomic mass is 32.1. The number of rotatable bonds is 6. The van der Waals surface area contributed by atoms with E-state index >= 15 is 0 Å². The molecule has 0 saturated carbocycles. The molecule has 0 fully saturated rings. The molecule has 0 saturated heterocycles. The van der Waals surface area contributed by atoms with E-state index in [0.29, 0.717) is 11.4 Å². The number of nitrogens with zero attached hydrogens (tertiary/aromatic N) is 2. The summed E-state index contributed by atoms with van der Waals surface area (Å²) in [4.78, 5) is 9.70. The van der Waals surface area contributed by atoms with Gasteiger partial charge in [0.2, 0.25) is 11.8 Å². The zero-order valence-electron chi connectivity index (χ0n) is 13.6. The summed E-state index contributed by atoms with van der Waals surface area (Å²) >= 11 is 1.62. The molecule has 0 aliphatic heterocycles. The summed E-state index contributed by atoms with van der Waals surface area (Å²) in [5, 5.41) is 22.7. The fourth-order valence-corrected chi connectivity index (χ4v) is 3.58. The Hall–Kier alpha value is -1.62. The van der Waals surface area contributed by atoms with Gasteiger partial charge in [0.15, 0.2) is 0 Å². The highest BCUT2D eigenvalue weighted by Gasteiger charge is 2.31. The van der Waals surface area contributed by atoms with Crippen molar-refractivity contribution in [2.45, 2.75) is 58.3 Å².